The quantitative estimate of drug-likeness (QED) is 0.384. The summed E-state index contributed by atoms with van der Waals surface area (Å²) < 4.78 is 30.0. The highest BCUT2D eigenvalue weighted by molar-refractivity contribution is 6.30. The Morgan fingerprint density at radius 1 is 1.19 bits per heavy atom. The van der Waals surface area contributed by atoms with E-state index in [0.717, 1.165) is 12.0 Å². The molecule has 0 amide bonds. The average Bonchev–Trinajstić information content (AvgIpc) is 3.37. The maximum Gasteiger partial charge on any atom is 0.261 e. The van der Waals surface area contributed by atoms with Crippen molar-refractivity contribution in [3.05, 3.63) is 80.5 Å². The molecule has 2 fully saturated rings. The van der Waals surface area contributed by atoms with Crippen molar-refractivity contribution >= 4 is 17.2 Å². The third-order valence-corrected chi connectivity index (χ3v) is 7.78. The van der Waals surface area contributed by atoms with Gasteiger partial charge in [0.15, 0.2) is 5.65 Å². The van der Waals surface area contributed by atoms with Crippen LogP contribution in [0, 0.1) is 19.7 Å². The van der Waals surface area contributed by atoms with Gasteiger partial charge < -0.3 is 9.47 Å². The average molecular weight is 524 g/mol. The highest BCUT2D eigenvalue weighted by Gasteiger charge is 2.37. The first-order valence-corrected chi connectivity index (χ1v) is 12.7. The van der Waals surface area contributed by atoms with E-state index in [1.807, 2.05) is 17.1 Å². The minimum absolute atomic E-state index is 0.00302. The molecule has 0 radical (unpaired) electrons. The molecule has 2 saturated heterocycles. The van der Waals surface area contributed by atoms with E-state index in [1.165, 1.54) is 10.5 Å². The van der Waals surface area contributed by atoms with Crippen molar-refractivity contribution in [2.45, 2.75) is 51.2 Å². The summed E-state index contributed by atoms with van der Waals surface area (Å²) in [5.74, 6) is -0.519. The molecule has 0 unspecified atom stereocenters. The summed E-state index contributed by atoms with van der Waals surface area (Å²) in [6.07, 6.45) is 6.84. The standard InChI is InChI=1S/C27H27ClFN5O3/c1-15-16(2)31-25-24(20-5-4-19(28)9-21(20)29)32-22(12-33(25)26(15)35)17-6-7-37-23(8-17)18-10-30-34(11-18)27(3)13-36-14-27/h4-5,9-12,17,23H,6-8,13-14H2,1-3H3/t17-,23+/m0/s1. The number of ether oxygens (including phenoxy) is 2. The van der Waals surface area contributed by atoms with Gasteiger partial charge in [0.25, 0.3) is 5.56 Å². The first-order chi connectivity index (χ1) is 17.7. The Balaban J connectivity index is 1.42. The highest BCUT2D eigenvalue weighted by Crippen LogP contribution is 2.39. The van der Waals surface area contributed by atoms with Crippen LogP contribution in [0.25, 0.3) is 16.9 Å². The monoisotopic (exact) mass is 523 g/mol. The second-order valence-corrected chi connectivity index (χ2v) is 10.7. The smallest absolute Gasteiger partial charge is 0.261 e. The first kappa shape index (κ1) is 24.2. The SMILES string of the molecule is Cc1nc2c(-c3ccc(Cl)cc3F)nc([C@H]3CCO[C@@H](c4cnn(C5(C)COC5)c4)C3)cn2c(=O)c1C. The van der Waals surface area contributed by atoms with E-state index in [4.69, 9.17) is 26.1 Å². The molecule has 2 atom stereocenters. The van der Waals surface area contributed by atoms with Gasteiger partial charge in [-0.2, -0.15) is 5.10 Å². The van der Waals surface area contributed by atoms with Gasteiger partial charge in [-0.05, 0) is 51.8 Å². The zero-order chi connectivity index (χ0) is 25.9. The molecule has 0 N–H and O–H groups in total. The number of nitrogens with zero attached hydrogens (tertiary/aromatic N) is 5. The number of hydrogen-bond donors (Lipinski definition) is 0. The number of halogens is 2. The van der Waals surface area contributed by atoms with E-state index >= 15 is 4.39 Å². The lowest BCUT2D eigenvalue weighted by molar-refractivity contribution is -0.0959. The van der Waals surface area contributed by atoms with E-state index in [1.54, 1.807) is 32.2 Å². The molecule has 192 valence electrons. The molecule has 0 spiro atoms. The third kappa shape index (κ3) is 4.15. The summed E-state index contributed by atoms with van der Waals surface area (Å²) in [5, 5.41) is 4.84. The van der Waals surface area contributed by atoms with E-state index in [2.05, 4.69) is 17.0 Å². The third-order valence-electron chi connectivity index (χ3n) is 7.54. The van der Waals surface area contributed by atoms with E-state index in [0.29, 0.717) is 54.5 Å². The Labute approximate surface area is 218 Å². The van der Waals surface area contributed by atoms with Gasteiger partial charge >= 0.3 is 0 Å². The molecule has 2 aliphatic rings. The number of aromatic nitrogens is 5. The molecule has 0 bridgehead atoms. The van der Waals surface area contributed by atoms with Gasteiger partial charge in [0.05, 0.1) is 31.2 Å². The lowest BCUT2D eigenvalue weighted by Gasteiger charge is -2.38. The maximum absolute atomic E-state index is 15.1. The van der Waals surface area contributed by atoms with Crippen LogP contribution in [-0.2, 0) is 15.0 Å². The van der Waals surface area contributed by atoms with Gasteiger partial charge in [-0.15, -0.1) is 0 Å². The van der Waals surface area contributed by atoms with Crippen LogP contribution >= 0.6 is 11.6 Å². The lowest BCUT2D eigenvalue weighted by Crippen LogP contribution is -2.49. The van der Waals surface area contributed by atoms with Crippen LogP contribution in [0.4, 0.5) is 4.39 Å². The van der Waals surface area contributed by atoms with Gasteiger partial charge in [-0.25, -0.2) is 14.4 Å². The summed E-state index contributed by atoms with van der Waals surface area (Å²) in [5.41, 5.74) is 3.39. The fourth-order valence-corrected chi connectivity index (χ4v) is 5.20. The molecule has 10 heteroatoms. The Morgan fingerprint density at radius 3 is 2.73 bits per heavy atom. The molecule has 37 heavy (non-hydrogen) atoms. The van der Waals surface area contributed by atoms with Crippen LogP contribution < -0.4 is 5.56 Å². The normalized spacial score (nSPS) is 21.2. The van der Waals surface area contributed by atoms with Crippen LogP contribution in [0.5, 0.6) is 0 Å². The predicted octanol–water partition coefficient (Wildman–Crippen LogP) is 4.74. The topological polar surface area (TPSA) is 83.5 Å². The fraction of sp³-hybridized carbons (Fsp3) is 0.407. The molecule has 1 aromatic carbocycles. The molecular weight excluding hydrogens is 497 g/mol. The Bertz CT molecular complexity index is 1580. The van der Waals surface area contributed by atoms with Crippen molar-refractivity contribution in [3.63, 3.8) is 0 Å². The number of fused-ring (bicyclic) bond motifs is 1. The molecule has 3 aromatic heterocycles. The van der Waals surface area contributed by atoms with Crippen LogP contribution in [0.15, 0.2) is 41.6 Å². The highest BCUT2D eigenvalue weighted by atomic mass is 35.5. The van der Waals surface area contributed by atoms with Crippen molar-refractivity contribution in [3.8, 4) is 11.3 Å². The van der Waals surface area contributed by atoms with Crippen LogP contribution in [0.1, 0.15) is 54.3 Å². The van der Waals surface area contributed by atoms with E-state index in [-0.39, 0.29) is 33.7 Å². The predicted molar refractivity (Wildman–Crippen MR) is 136 cm³/mol. The second kappa shape index (κ2) is 9.01. The van der Waals surface area contributed by atoms with Gasteiger partial charge in [0, 0.05) is 52.3 Å². The molecule has 0 saturated carbocycles. The van der Waals surface area contributed by atoms with Crippen LogP contribution in [0.3, 0.4) is 0 Å². The summed E-state index contributed by atoms with van der Waals surface area (Å²) >= 11 is 6.01. The van der Waals surface area contributed by atoms with Gasteiger partial charge in [-0.3, -0.25) is 13.9 Å². The number of hydrogen-bond acceptors (Lipinski definition) is 6. The van der Waals surface area contributed by atoms with E-state index < -0.39 is 5.82 Å². The minimum atomic E-state index is -0.516. The van der Waals surface area contributed by atoms with Crippen molar-refractivity contribution < 1.29 is 13.9 Å². The molecule has 6 rings (SSSR count). The maximum atomic E-state index is 15.1. The van der Waals surface area contributed by atoms with Crippen molar-refractivity contribution in [2.24, 2.45) is 0 Å². The fourth-order valence-electron chi connectivity index (χ4n) is 5.04. The molecule has 8 nitrogen and oxygen atoms in total. The van der Waals surface area contributed by atoms with E-state index in [9.17, 15) is 4.79 Å². The summed E-state index contributed by atoms with van der Waals surface area (Å²) in [4.78, 5) is 22.8. The zero-order valence-electron chi connectivity index (χ0n) is 20.9. The molecular formula is C27H27ClFN5O3. The number of benzene rings is 1. The summed E-state index contributed by atoms with van der Waals surface area (Å²) in [7, 11) is 0. The summed E-state index contributed by atoms with van der Waals surface area (Å²) in [6, 6.07) is 4.44. The van der Waals surface area contributed by atoms with Gasteiger partial charge in [-0.1, -0.05) is 11.6 Å². The Hall–Kier alpha value is -3.14. The van der Waals surface area contributed by atoms with Crippen molar-refractivity contribution in [2.75, 3.05) is 19.8 Å². The Morgan fingerprint density at radius 2 is 2.00 bits per heavy atom. The Kier molecular flexibility index (Phi) is 5.89. The molecule has 0 aliphatic carbocycles. The molecule has 5 heterocycles. The van der Waals surface area contributed by atoms with Crippen LogP contribution in [-0.4, -0.2) is 44.0 Å². The number of aryl methyl sites for hydroxylation is 1. The first-order valence-electron chi connectivity index (χ1n) is 12.3. The lowest BCUT2D eigenvalue weighted by atomic mass is 9.90. The van der Waals surface area contributed by atoms with Crippen molar-refractivity contribution in [1.29, 1.82) is 0 Å². The zero-order valence-corrected chi connectivity index (χ0v) is 21.6. The summed E-state index contributed by atoms with van der Waals surface area (Å²) in [6.45, 7) is 7.43. The van der Waals surface area contributed by atoms with Gasteiger partial charge in [0.2, 0.25) is 0 Å². The molecule has 2 aliphatic heterocycles. The minimum Gasteiger partial charge on any atom is -0.376 e. The van der Waals surface area contributed by atoms with Crippen LogP contribution in [0.2, 0.25) is 5.02 Å². The largest absolute Gasteiger partial charge is 0.376 e. The second-order valence-electron chi connectivity index (χ2n) is 10.2. The van der Waals surface area contributed by atoms with Gasteiger partial charge in [0.1, 0.15) is 17.1 Å². The van der Waals surface area contributed by atoms with Crippen molar-refractivity contribution in [1.82, 2.24) is 24.1 Å². The number of rotatable bonds is 4. The molecule has 4 aromatic rings.